The SMILES string of the molecule is CC(=O)N(C)C1CN(C2(N3CCNCC3)C=CC(c3cccc4cnoc34)=C(F)C2)C(=O)O1. The van der Waals surface area contributed by atoms with E-state index in [9.17, 15) is 9.59 Å². The summed E-state index contributed by atoms with van der Waals surface area (Å²) >= 11 is 0. The number of para-hydroxylation sites is 1. The van der Waals surface area contributed by atoms with Crippen LogP contribution in [0.5, 0.6) is 0 Å². The number of benzene rings is 1. The first-order valence-corrected chi connectivity index (χ1v) is 11.0. The third-order valence-corrected chi connectivity index (χ3v) is 6.75. The van der Waals surface area contributed by atoms with Crippen LogP contribution in [-0.4, -0.2) is 83.5 Å². The van der Waals surface area contributed by atoms with Gasteiger partial charge in [-0.25, -0.2) is 9.18 Å². The third kappa shape index (κ3) is 3.59. The van der Waals surface area contributed by atoms with Crippen LogP contribution in [0.3, 0.4) is 0 Å². The Bertz CT molecular complexity index is 1150. The molecular formula is C23H26FN5O4. The minimum atomic E-state index is -1.03. The lowest BCUT2D eigenvalue weighted by atomic mass is 9.88. The largest absolute Gasteiger partial charge is 0.423 e. The second-order valence-corrected chi connectivity index (χ2v) is 8.57. The first-order valence-electron chi connectivity index (χ1n) is 11.0. The molecule has 10 heteroatoms. The number of nitrogens with zero attached hydrogens (tertiary/aromatic N) is 4. The van der Waals surface area contributed by atoms with Crippen LogP contribution < -0.4 is 5.32 Å². The Morgan fingerprint density at radius 3 is 2.85 bits per heavy atom. The van der Waals surface area contributed by atoms with E-state index in [1.807, 2.05) is 18.2 Å². The highest BCUT2D eigenvalue weighted by molar-refractivity contribution is 5.93. The zero-order valence-corrected chi connectivity index (χ0v) is 18.6. The summed E-state index contributed by atoms with van der Waals surface area (Å²) in [5.74, 6) is -0.560. The van der Waals surface area contributed by atoms with Gasteiger partial charge in [0.2, 0.25) is 5.91 Å². The van der Waals surface area contributed by atoms with Crippen molar-refractivity contribution in [1.29, 1.82) is 0 Å². The van der Waals surface area contributed by atoms with Crippen LogP contribution >= 0.6 is 0 Å². The summed E-state index contributed by atoms with van der Waals surface area (Å²) in [5.41, 5.74) is 0.513. The topological polar surface area (TPSA) is 91.2 Å². The number of allylic oxidation sites excluding steroid dienone is 2. The minimum Gasteiger partial charge on any atom is -0.423 e. The van der Waals surface area contributed by atoms with Gasteiger partial charge < -0.3 is 19.5 Å². The summed E-state index contributed by atoms with van der Waals surface area (Å²) in [4.78, 5) is 29.9. The average Bonchev–Trinajstić information content (AvgIpc) is 3.46. The molecular weight excluding hydrogens is 429 g/mol. The fourth-order valence-corrected chi connectivity index (χ4v) is 4.83. The molecule has 1 aromatic carbocycles. The number of nitrogens with one attached hydrogen (secondary N) is 1. The second-order valence-electron chi connectivity index (χ2n) is 8.57. The van der Waals surface area contributed by atoms with Gasteiger partial charge in [-0.3, -0.25) is 14.6 Å². The number of likely N-dealkylation sites (N-methyl/N-ethyl adjacent to an activating group) is 1. The van der Waals surface area contributed by atoms with Crippen molar-refractivity contribution in [2.75, 3.05) is 39.8 Å². The summed E-state index contributed by atoms with van der Waals surface area (Å²) in [7, 11) is 1.59. The Labute approximate surface area is 190 Å². The van der Waals surface area contributed by atoms with Crippen molar-refractivity contribution in [2.45, 2.75) is 25.2 Å². The van der Waals surface area contributed by atoms with Crippen molar-refractivity contribution in [3.05, 3.63) is 47.9 Å². The Kier molecular flexibility index (Phi) is 5.41. The lowest BCUT2D eigenvalue weighted by molar-refractivity contribution is -0.134. The first-order chi connectivity index (χ1) is 15.9. The number of halogens is 1. The lowest BCUT2D eigenvalue weighted by Gasteiger charge is -2.49. The monoisotopic (exact) mass is 455 g/mol. The summed E-state index contributed by atoms with van der Waals surface area (Å²) in [6.45, 7) is 4.31. The van der Waals surface area contributed by atoms with Crippen LogP contribution in [0.2, 0.25) is 0 Å². The van der Waals surface area contributed by atoms with Crippen molar-refractivity contribution >= 4 is 28.5 Å². The number of piperazine rings is 1. The van der Waals surface area contributed by atoms with Gasteiger partial charge >= 0.3 is 6.09 Å². The molecule has 0 saturated carbocycles. The Balaban J connectivity index is 1.53. The number of hydrogen-bond acceptors (Lipinski definition) is 7. The van der Waals surface area contributed by atoms with E-state index in [0.29, 0.717) is 29.8 Å². The van der Waals surface area contributed by atoms with E-state index in [1.54, 1.807) is 30.3 Å². The van der Waals surface area contributed by atoms with E-state index in [0.717, 1.165) is 18.5 Å². The fourth-order valence-electron chi connectivity index (χ4n) is 4.83. The summed E-state index contributed by atoms with van der Waals surface area (Å²) in [5, 5.41) is 7.92. The molecule has 2 atom stereocenters. The standard InChI is InChI=1S/C23H26FN5O4/c1-15(30)27(2)20-14-29(22(31)32-20)23(28-10-8-25-9-11-28)7-6-17(19(24)12-23)18-5-3-4-16-13-26-33-21(16)18/h3-7,13,20,25H,8-12,14H2,1-2H3. The molecule has 3 heterocycles. The third-order valence-electron chi connectivity index (χ3n) is 6.75. The van der Waals surface area contributed by atoms with E-state index in [-0.39, 0.29) is 24.7 Å². The normalized spacial score (nSPS) is 26.2. The van der Waals surface area contributed by atoms with E-state index in [2.05, 4.69) is 15.4 Å². The smallest absolute Gasteiger partial charge is 0.413 e. The Hall–Kier alpha value is -3.24. The van der Waals surface area contributed by atoms with E-state index in [4.69, 9.17) is 9.26 Å². The Morgan fingerprint density at radius 1 is 1.33 bits per heavy atom. The number of carbonyl (C=O) groups is 2. The number of rotatable bonds is 4. The van der Waals surface area contributed by atoms with Crippen molar-refractivity contribution < 1.29 is 23.2 Å². The van der Waals surface area contributed by atoms with Crippen LogP contribution in [0.4, 0.5) is 9.18 Å². The molecule has 2 saturated heterocycles. The van der Waals surface area contributed by atoms with Gasteiger partial charge in [0.25, 0.3) is 0 Å². The summed E-state index contributed by atoms with van der Waals surface area (Å²) in [6.07, 6.45) is 3.87. The molecule has 3 aliphatic rings. The fraction of sp³-hybridized carbons (Fsp3) is 0.435. The molecule has 0 radical (unpaired) electrons. The second kappa shape index (κ2) is 8.27. The zero-order valence-electron chi connectivity index (χ0n) is 18.6. The molecule has 174 valence electrons. The van der Waals surface area contributed by atoms with Crippen LogP contribution in [0.25, 0.3) is 16.5 Å². The number of fused-ring (bicyclic) bond motifs is 1. The van der Waals surface area contributed by atoms with Crippen LogP contribution in [0.15, 0.2) is 46.9 Å². The van der Waals surface area contributed by atoms with Crippen molar-refractivity contribution in [3.8, 4) is 0 Å². The number of cyclic esters (lactones) is 1. The van der Waals surface area contributed by atoms with Gasteiger partial charge in [0.05, 0.1) is 12.7 Å². The molecule has 0 spiro atoms. The lowest BCUT2D eigenvalue weighted by Crippen LogP contribution is -2.64. The van der Waals surface area contributed by atoms with Crippen molar-refractivity contribution in [1.82, 2.24) is 25.2 Å². The van der Waals surface area contributed by atoms with Crippen LogP contribution in [-0.2, 0) is 9.53 Å². The highest BCUT2D eigenvalue weighted by atomic mass is 19.1. The molecule has 2 fully saturated rings. The number of amides is 2. The number of ether oxygens (including phenoxy) is 1. The van der Waals surface area contributed by atoms with Gasteiger partial charge in [-0.05, 0) is 12.1 Å². The molecule has 1 aromatic heterocycles. The molecule has 2 unspecified atom stereocenters. The Morgan fingerprint density at radius 2 is 2.12 bits per heavy atom. The maximum absolute atomic E-state index is 15.9. The predicted octanol–water partition coefficient (Wildman–Crippen LogP) is 2.33. The van der Waals surface area contributed by atoms with Gasteiger partial charge in [0, 0.05) is 63.1 Å². The van der Waals surface area contributed by atoms with Gasteiger partial charge in [0.15, 0.2) is 11.8 Å². The predicted molar refractivity (Wildman–Crippen MR) is 118 cm³/mol. The van der Waals surface area contributed by atoms with E-state index < -0.39 is 18.0 Å². The summed E-state index contributed by atoms with van der Waals surface area (Å²) < 4.78 is 26.8. The van der Waals surface area contributed by atoms with E-state index in [1.165, 1.54) is 11.8 Å². The molecule has 33 heavy (non-hydrogen) atoms. The minimum absolute atomic E-state index is 0.0328. The molecule has 2 aromatic rings. The number of carbonyl (C=O) groups excluding carboxylic acids is 2. The highest BCUT2D eigenvalue weighted by Gasteiger charge is 2.51. The molecule has 2 amide bonds. The maximum atomic E-state index is 15.9. The quantitative estimate of drug-likeness (QED) is 0.757. The first kappa shape index (κ1) is 21.6. The summed E-state index contributed by atoms with van der Waals surface area (Å²) in [6, 6.07) is 5.49. The number of hydrogen-bond donors (Lipinski definition) is 1. The van der Waals surface area contributed by atoms with Crippen LogP contribution in [0.1, 0.15) is 18.9 Å². The van der Waals surface area contributed by atoms with E-state index >= 15 is 4.39 Å². The van der Waals surface area contributed by atoms with Crippen molar-refractivity contribution in [3.63, 3.8) is 0 Å². The molecule has 1 N–H and O–H groups in total. The van der Waals surface area contributed by atoms with Crippen LogP contribution in [0, 0.1) is 0 Å². The molecule has 5 rings (SSSR count). The maximum Gasteiger partial charge on any atom is 0.413 e. The average molecular weight is 455 g/mol. The van der Waals surface area contributed by atoms with Gasteiger partial charge in [-0.2, -0.15) is 0 Å². The van der Waals surface area contributed by atoms with Gasteiger partial charge in [-0.15, -0.1) is 0 Å². The molecule has 2 aliphatic heterocycles. The molecule has 0 bridgehead atoms. The highest BCUT2D eigenvalue weighted by Crippen LogP contribution is 2.42. The molecule has 1 aliphatic carbocycles. The van der Waals surface area contributed by atoms with Gasteiger partial charge in [-0.1, -0.05) is 23.4 Å². The number of aromatic nitrogens is 1. The zero-order chi connectivity index (χ0) is 23.2. The van der Waals surface area contributed by atoms with Gasteiger partial charge in [0.1, 0.15) is 11.5 Å². The van der Waals surface area contributed by atoms with Crippen molar-refractivity contribution in [2.24, 2.45) is 0 Å². The molecule has 9 nitrogen and oxygen atoms in total.